The largest absolute Gasteiger partial charge is 0.493 e. The van der Waals surface area contributed by atoms with E-state index in [4.69, 9.17) is 28.7 Å². The lowest BCUT2D eigenvalue weighted by Crippen LogP contribution is -2.46. The molecule has 1 aromatic carbocycles. The number of carbonyl (C=O) groups excluding carboxylic acids is 2. The predicted molar refractivity (Wildman–Crippen MR) is 205 cm³/mol. The van der Waals surface area contributed by atoms with Crippen LogP contribution in [0.15, 0.2) is 48.7 Å². The number of ether oxygens (including phenoxy) is 5. The van der Waals surface area contributed by atoms with Crippen LogP contribution < -0.4 is 19.1 Å². The van der Waals surface area contributed by atoms with Crippen molar-refractivity contribution < 1.29 is 33.3 Å². The monoisotopic (exact) mass is 731 g/mol. The topological polar surface area (TPSA) is 117 Å². The van der Waals surface area contributed by atoms with Gasteiger partial charge in [-0.3, -0.25) is 14.7 Å². The lowest BCUT2D eigenvalue weighted by atomic mass is 9.91. The Hall–Kier alpha value is -4.62. The molecule has 0 spiro atoms. The summed E-state index contributed by atoms with van der Waals surface area (Å²) in [5.41, 5.74) is 4.14. The van der Waals surface area contributed by atoms with Crippen molar-refractivity contribution in [3.8, 4) is 28.5 Å². The molecule has 1 aliphatic rings. The molecule has 5 rings (SSSR count). The molecule has 2 amide bonds. The molecular formula is C39H53N5O7Si. The van der Waals surface area contributed by atoms with Gasteiger partial charge in [0, 0.05) is 51.7 Å². The molecule has 4 aromatic rings. The summed E-state index contributed by atoms with van der Waals surface area (Å²) < 4.78 is 30.4. The Kier molecular flexibility index (Phi) is 11.8. The maximum atomic E-state index is 14.3. The van der Waals surface area contributed by atoms with Gasteiger partial charge < -0.3 is 33.2 Å². The van der Waals surface area contributed by atoms with Crippen LogP contribution >= 0.6 is 0 Å². The number of benzene rings is 1. The number of hydrogen-bond acceptors (Lipinski definition) is 9. The molecular weight excluding hydrogens is 679 g/mol. The van der Waals surface area contributed by atoms with Crippen molar-refractivity contribution >= 4 is 36.8 Å². The van der Waals surface area contributed by atoms with E-state index in [1.54, 1.807) is 55.5 Å². The van der Waals surface area contributed by atoms with Crippen LogP contribution in [0, 0.1) is 0 Å². The maximum absolute atomic E-state index is 14.3. The van der Waals surface area contributed by atoms with E-state index in [1.165, 1.54) is 7.11 Å². The van der Waals surface area contributed by atoms with Crippen molar-refractivity contribution in [2.45, 2.75) is 90.6 Å². The van der Waals surface area contributed by atoms with Crippen molar-refractivity contribution in [2.24, 2.45) is 0 Å². The number of aromatic nitrogens is 3. The van der Waals surface area contributed by atoms with Crippen molar-refractivity contribution in [3.05, 3.63) is 60.0 Å². The van der Waals surface area contributed by atoms with E-state index in [0.717, 1.165) is 47.8 Å². The van der Waals surface area contributed by atoms with Crippen LogP contribution in [-0.2, 0) is 22.7 Å². The summed E-state index contributed by atoms with van der Waals surface area (Å²) in [7, 11) is 5.00. The molecule has 0 N–H and O–H groups in total. The molecule has 0 radical (unpaired) electrons. The number of amides is 2. The van der Waals surface area contributed by atoms with Crippen LogP contribution in [0.1, 0.15) is 56.2 Å². The van der Waals surface area contributed by atoms with Gasteiger partial charge in [0.15, 0.2) is 11.5 Å². The first-order valence-corrected chi connectivity index (χ1v) is 21.4. The summed E-state index contributed by atoms with van der Waals surface area (Å²) in [4.78, 5) is 40.4. The second-order valence-corrected chi connectivity index (χ2v) is 21.0. The fourth-order valence-electron chi connectivity index (χ4n) is 5.96. The van der Waals surface area contributed by atoms with Gasteiger partial charge in [-0.25, -0.2) is 9.78 Å². The van der Waals surface area contributed by atoms with Crippen LogP contribution in [0.4, 0.5) is 10.5 Å². The molecule has 3 aromatic heterocycles. The number of pyridine rings is 2. The lowest BCUT2D eigenvalue weighted by Gasteiger charge is -2.38. The average Bonchev–Trinajstić information content (AvgIpc) is 3.44. The van der Waals surface area contributed by atoms with E-state index in [-0.39, 0.29) is 24.8 Å². The van der Waals surface area contributed by atoms with E-state index >= 15 is 0 Å². The molecule has 0 saturated heterocycles. The van der Waals surface area contributed by atoms with Gasteiger partial charge in [-0.2, -0.15) is 0 Å². The molecule has 0 atom stereocenters. The third-order valence-corrected chi connectivity index (χ3v) is 10.8. The van der Waals surface area contributed by atoms with E-state index in [9.17, 15) is 9.59 Å². The van der Waals surface area contributed by atoms with Gasteiger partial charge in [0.1, 0.15) is 18.0 Å². The van der Waals surface area contributed by atoms with E-state index in [2.05, 4.69) is 24.6 Å². The Morgan fingerprint density at radius 1 is 0.962 bits per heavy atom. The standard InChI is InChI=1S/C39H53N5O7Si/c1-39(2,3)51-38(46)43(28-12-11-13-28)24-27-20-26(16-17-40-27)30-14-15-32-31(41-30)23-33(44(32)25-50-18-19-52(8,9)10)37(45)42(4)29-21-34(47-5)36(49-7)35(22-29)48-6/h14-17,20-23,28H,11-13,18-19,24-25H2,1-10H3. The minimum absolute atomic E-state index is 0.136. The molecule has 13 heteroatoms. The molecule has 280 valence electrons. The van der Waals surface area contributed by atoms with Gasteiger partial charge >= 0.3 is 6.09 Å². The van der Waals surface area contributed by atoms with Crippen molar-refractivity contribution in [1.29, 1.82) is 0 Å². The highest BCUT2D eigenvalue weighted by atomic mass is 28.3. The van der Waals surface area contributed by atoms with Crippen LogP contribution in [0.5, 0.6) is 17.2 Å². The highest BCUT2D eigenvalue weighted by Crippen LogP contribution is 2.41. The zero-order valence-electron chi connectivity index (χ0n) is 32.2. The van der Waals surface area contributed by atoms with Gasteiger partial charge in [0.25, 0.3) is 5.91 Å². The second-order valence-electron chi connectivity index (χ2n) is 15.4. The molecule has 0 bridgehead atoms. The number of anilines is 1. The minimum atomic E-state index is -1.33. The molecule has 0 aliphatic heterocycles. The quantitative estimate of drug-likeness (QED) is 0.0939. The second kappa shape index (κ2) is 15.9. The fourth-order valence-corrected chi connectivity index (χ4v) is 6.72. The van der Waals surface area contributed by atoms with Gasteiger partial charge in [0.05, 0.1) is 56.0 Å². The highest BCUT2D eigenvalue weighted by molar-refractivity contribution is 6.76. The molecule has 1 aliphatic carbocycles. The normalized spacial score (nSPS) is 13.4. The number of rotatable bonds is 14. The Balaban J connectivity index is 1.48. The van der Waals surface area contributed by atoms with Gasteiger partial charge in [-0.1, -0.05) is 19.6 Å². The number of fused-ring (bicyclic) bond motifs is 1. The molecule has 1 saturated carbocycles. The first-order chi connectivity index (χ1) is 24.6. The SMILES string of the molecule is COc1cc(N(C)C(=O)c2cc3nc(-c4ccnc(CN(C(=O)OC(C)(C)C)C5CCC5)c4)ccc3n2COCC[Si](C)(C)C)cc(OC)c1OC. The summed E-state index contributed by atoms with van der Waals surface area (Å²) in [5, 5.41) is 0. The average molecular weight is 732 g/mol. The number of methoxy groups -OCH3 is 3. The highest BCUT2D eigenvalue weighted by Gasteiger charge is 2.32. The maximum Gasteiger partial charge on any atom is 0.410 e. The van der Waals surface area contributed by atoms with Crippen molar-refractivity contribution in [2.75, 3.05) is 39.9 Å². The zero-order chi connectivity index (χ0) is 37.8. The van der Waals surface area contributed by atoms with Gasteiger partial charge in [-0.15, -0.1) is 0 Å². The Morgan fingerprint density at radius 3 is 2.23 bits per heavy atom. The summed E-state index contributed by atoms with van der Waals surface area (Å²) >= 11 is 0. The number of carbonyl (C=O) groups is 2. The van der Waals surface area contributed by atoms with Crippen LogP contribution in [0.2, 0.25) is 25.7 Å². The number of nitrogens with zero attached hydrogens (tertiary/aromatic N) is 5. The van der Waals surface area contributed by atoms with Crippen LogP contribution in [0.25, 0.3) is 22.3 Å². The van der Waals surface area contributed by atoms with Crippen molar-refractivity contribution in [3.63, 3.8) is 0 Å². The van der Waals surface area contributed by atoms with E-state index in [1.807, 2.05) is 49.6 Å². The molecule has 0 unspecified atom stereocenters. The molecule has 12 nitrogen and oxygen atoms in total. The first-order valence-electron chi connectivity index (χ1n) is 17.7. The van der Waals surface area contributed by atoms with E-state index in [0.29, 0.717) is 47.3 Å². The molecule has 1 fully saturated rings. The lowest BCUT2D eigenvalue weighted by molar-refractivity contribution is 0.00427. The van der Waals surface area contributed by atoms with E-state index < -0.39 is 13.7 Å². The minimum Gasteiger partial charge on any atom is -0.493 e. The predicted octanol–water partition coefficient (Wildman–Crippen LogP) is 8.00. The third-order valence-electron chi connectivity index (χ3n) is 9.12. The van der Waals surface area contributed by atoms with Gasteiger partial charge in [0.2, 0.25) is 5.75 Å². The summed E-state index contributed by atoms with van der Waals surface area (Å²) in [6.45, 7) is 13.7. The Morgan fingerprint density at radius 2 is 1.65 bits per heavy atom. The first kappa shape index (κ1) is 38.6. The zero-order valence-corrected chi connectivity index (χ0v) is 33.2. The summed E-state index contributed by atoms with van der Waals surface area (Å²) in [6.07, 6.45) is 4.40. The van der Waals surface area contributed by atoms with Crippen molar-refractivity contribution in [1.82, 2.24) is 19.4 Å². The third kappa shape index (κ3) is 9.05. The van der Waals surface area contributed by atoms with Crippen LogP contribution in [0.3, 0.4) is 0 Å². The van der Waals surface area contributed by atoms with Gasteiger partial charge in [-0.05, 0) is 76.4 Å². The smallest absolute Gasteiger partial charge is 0.410 e. The van der Waals surface area contributed by atoms with Crippen LogP contribution in [-0.4, -0.2) is 86.1 Å². The molecule has 52 heavy (non-hydrogen) atoms. The Bertz CT molecular complexity index is 1870. The summed E-state index contributed by atoms with van der Waals surface area (Å²) in [5.74, 6) is 1.07. The Labute approximate surface area is 308 Å². The number of hydrogen-bond donors (Lipinski definition) is 0. The molecule has 3 heterocycles. The fraction of sp³-hybridized carbons (Fsp3) is 0.487. The summed E-state index contributed by atoms with van der Waals surface area (Å²) in [6, 6.07) is 14.2.